The van der Waals surface area contributed by atoms with Crippen molar-refractivity contribution in [3.63, 3.8) is 0 Å². The van der Waals surface area contributed by atoms with Gasteiger partial charge in [0.05, 0.1) is 26.4 Å². The van der Waals surface area contributed by atoms with E-state index in [4.69, 9.17) is 9.47 Å². The van der Waals surface area contributed by atoms with Crippen molar-refractivity contribution < 1.29 is 14.3 Å². The average Bonchev–Trinajstić information content (AvgIpc) is 3.19. The van der Waals surface area contributed by atoms with E-state index in [1.54, 1.807) is 7.11 Å². The zero-order valence-electron chi connectivity index (χ0n) is 18.9. The number of benzene rings is 2. The highest BCUT2D eigenvalue weighted by Gasteiger charge is 2.30. The van der Waals surface area contributed by atoms with Gasteiger partial charge in [0.25, 0.3) is 0 Å². The Hall–Kier alpha value is -2.59. The Morgan fingerprint density at radius 2 is 1.87 bits per heavy atom. The molecule has 1 aliphatic heterocycles. The lowest BCUT2D eigenvalue weighted by atomic mass is 9.93. The molecule has 1 heterocycles. The Kier molecular flexibility index (Phi) is 8.72. The van der Waals surface area contributed by atoms with Gasteiger partial charge in [-0.15, -0.1) is 6.58 Å². The average molecular weight is 422 g/mol. The fraction of sp³-hybridized carbons (Fsp3) is 0.444. The summed E-state index contributed by atoms with van der Waals surface area (Å²) in [6, 6.07) is 16.6. The molecule has 0 N–H and O–H groups in total. The van der Waals surface area contributed by atoms with Crippen molar-refractivity contribution >= 4 is 11.6 Å². The standard InChI is InChI=1S/C27H35NO3/c1-4-6-7-8-23(20-31-19-21-9-16-26(30-3)17-10-21)22-11-13-25(14-12-22)28-24(5-2)15-18-27(28)29/h5,9-14,16-17,23-24H,2,4,6-8,15,18-20H2,1,3H3/t23?,24-/m0/s1. The maximum atomic E-state index is 12.3. The Bertz CT molecular complexity index is 829. The molecule has 3 rings (SSSR count). The molecule has 166 valence electrons. The molecule has 0 saturated carbocycles. The number of hydrogen-bond acceptors (Lipinski definition) is 3. The van der Waals surface area contributed by atoms with Crippen LogP contribution in [0.2, 0.25) is 0 Å². The van der Waals surface area contributed by atoms with Gasteiger partial charge in [0, 0.05) is 18.0 Å². The summed E-state index contributed by atoms with van der Waals surface area (Å²) in [6.45, 7) is 7.40. The van der Waals surface area contributed by atoms with Crippen LogP contribution in [0.15, 0.2) is 61.2 Å². The highest BCUT2D eigenvalue weighted by atomic mass is 16.5. The van der Waals surface area contributed by atoms with Crippen LogP contribution in [0.3, 0.4) is 0 Å². The van der Waals surface area contributed by atoms with Crippen molar-refractivity contribution in [2.45, 2.75) is 64.0 Å². The van der Waals surface area contributed by atoms with Crippen molar-refractivity contribution in [3.05, 3.63) is 72.3 Å². The van der Waals surface area contributed by atoms with E-state index >= 15 is 0 Å². The van der Waals surface area contributed by atoms with Crippen molar-refractivity contribution in [3.8, 4) is 5.75 Å². The molecule has 1 amide bonds. The Labute approximate surface area is 186 Å². The number of rotatable bonds is 12. The molecule has 1 fully saturated rings. The van der Waals surface area contributed by atoms with Gasteiger partial charge < -0.3 is 14.4 Å². The predicted octanol–water partition coefficient (Wildman–Crippen LogP) is 6.26. The largest absolute Gasteiger partial charge is 0.497 e. The molecule has 2 aromatic rings. The normalized spacial score (nSPS) is 17.0. The quantitative estimate of drug-likeness (QED) is 0.300. The van der Waals surface area contributed by atoms with Gasteiger partial charge in [-0.3, -0.25) is 4.79 Å². The molecule has 0 aromatic heterocycles. The lowest BCUT2D eigenvalue weighted by Gasteiger charge is -2.24. The summed E-state index contributed by atoms with van der Waals surface area (Å²) in [4.78, 5) is 14.2. The van der Waals surface area contributed by atoms with Gasteiger partial charge >= 0.3 is 0 Å². The fourth-order valence-corrected chi connectivity index (χ4v) is 4.20. The molecule has 2 aromatic carbocycles. The molecule has 4 nitrogen and oxygen atoms in total. The second-order valence-corrected chi connectivity index (χ2v) is 8.25. The molecular weight excluding hydrogens is 386 g/mol. The first-order valence-corrected chi connectivity index (χ1v) is 11.4. The van der Waals surface area contributed by atoms with Gasteiger partial charge in [-0.2, -0.15) is 0 Å². The number of carbonyl (C=O) groups excluding carboxylic acids is 1. The molecule has 31 heavy (non-hydrogen) atoms. The van der Waals surface area contributed by atoms with Crippen LogP contribution in [-0.2, 0) is 16.1 Å². The third kappa shape index (κ3) is 6.20. The zero-order valence-corrected chi connectivity index (χ0v) is 18.9. The summed E-state index contributed by atoms with van der Waals surface area (Å²) in [6.07, 6.45) is 8.06. The number of ether oxygens (including phenoxy) is 2. The van der Waals surface area contributed by atoms with E-state index < -0.39 is 0 Å². The molecule has 1 unspecified atom stereocenters. The van der Waals surface area contributed by atoms with E-state index in [9.17, 15) is 4.79 Å². The van der Waals surface area contributed by atoms with Crippen LogP contribution in [0, 0.1) is 0 Å². The van der Waals surface area contributed by atoms with Gasteiger partial charge in [0.2, 0.25) is 5.91 Å². The summed E-state index contributed by atoms with van der Waals surface area (Å²) in [5.74, 6) is 1.39. The molecule has 0 bridgehead atoms. The van der Waals surface area contributed by atoms with E-state index in [2.05, 4.69) is 37.8 Å². The Morgan fingerprint density at radius 3 is 2.52 bits per heavy atom. The van der Waals surface area contributed by atoms with Crippen molar-refractivity contribution in [1.29, 1.82) is 0 Å². The molecule has 4 heteroatoms. The molecule has 0 aliphatic carbocycles. The topological polar surface area (TPSA) is 38.8 Å². The SMILES string of the molecule is C=C[C@H]1CCC(=O)N1c1ccc(C(CCCCC)COCc2ccc(OC)cc2)cc1. The third-order valence-electron chi connectivity index (χ3n) is 6.07. The van der Waals surface area contributed by atoms with Crippen molar-refractivity contribution in [2.75, 3.05) is 18.6 Å². The highest BCUT2D eigenvalue weighted by molar-refractivity contribution is 5.96. The lowest BCUT2D eigenvalue weighted by molar-refractivity contribution is -0.117. The monoisotopic (exact) mass is 421 g/mol. The van der Waals surface area contributed by atoms with Crippen LogP contribution in [-0.4, -0.2) is 25.7 Å². The van der Waals surface area contributed by atoms with E-state index in [0.717, 1.165) is 29.8 Å². The third-order valence-corrected chi connectivity index (χ3v) is 6.07. The van der Waals surface area contributed by atoms with Gasteiger partial charge in [-0.05, 0) is 48.2 Å². The minimum atomic E-state index is 0.103. The summed E-state index contributed by atoms with van der Waals surface area (Å²) in [5, 5.41) is 0. The van der Waals surface area contributed by atoms with Crippen LogP contribution in [0.25, 0.3) is 0 Å². The van der Waals surface area contributed by atoms with Crippen molar-refractivity contribution in [1.82, 2.24) is 0 Å². The second kappa shape index (κ2) is 11.7. The molecule has 2 atom stereocenters. The maximum absolute atomic E-state index is 12.3. The molecular formula is C27H35NO3. The van der Waals surface area contributed by atoms with Gasteiger partial charge in [0.1, 0.15) is 5.75 Å². The van der Waals surface area contributed by atoms with E-state index in [1.165, 1.54) is 24.8 Å². The minimum absolute atomic E-state index is 0.103. The summed E-state index contributed by atoms with van der Waals surface area (Å²) >= 11 is 0. The summed E-state index contributed by atoms with van der Waals surface area (Å²) in [7, 11) is 1.68. The number of carbonyl (C=O) groups is 1. The number of anilines is 1. The van der Waals surface area contributed by atoms with Crippen LogP contribution in [0.4, 0.5) is 5.69 Å². The molecule has 0 spiro atoms. The van der Waals surface area contributed by atoms with E-state index in [1.807, 2.05) is 35.2 Å². The highest BCUT2D eigenvalue weighted by Crippen LogP contribution is 2.30. The van der Waals surface area contributed by atoms with Crippen LogP contribution in [0.1, 0.15) is 62.5 Å². The van der Waals surface area contributed by atoms with Gasteiger partial charge in [0.15, 0.2) is 0 Å². The smallest absolute Gasteiger partial charge is 0.227 e. The van der Waals surface area contributed by atoms with Crippen LogP contribution < -0.4 is 9.64 Å². The van der Waals surface area contributed by atoms with Crippen LogP contribution in [0.5, 0.6) is 5.75 Å². The first kappa shape index (κ1) is 23.1. The van der Waals surface area contributed by atoms with Crippen LogP contribution >= 0.6 is 0 Å². The van der Waals surface area contributed by atoms with Crippen molar-refractivity contribution in [2.24, 2.45) is 0 Å². The number of methoxy groups -OCH3 is 1. The Morgan fingerprint density at radius 1 is 1.13 bits per heavy atom. The van der Waals surface area contributed by atoms with Gasteiger partial charge in [-0.1, -0.05) is 56.5 Å². The molecule has 0 radical (unpaired) electrons. The Balaban J connectivity index is 1.64. The fourth-order valence-electron chi connectivity index (χ4n) is 4.20. The van der Waals surface area contributed by atoms with E-state index in [0.29, 0.717) is 25.6 Å². The van der Waals surface area contributed by atoms with Gasteiger partial charge in [-0.25, -0.2) is 0 Å². The minimum Gasteiger partial charge on any atom is -0.497 e. The predicted molar refractivity (Wildman–Crippen MR) is 127 cm³/mol. The number of amides is 1. The molecule has 1 aliphatic rings. The zero-order chi connectivity index (χ0) is 22.1. The lowest BCUT2D eigenvalue weighted by Crippen LogP contribution is -2.31. The first-order valence-electron chi connectivity index (χ1n) is 11.4. The maximum Gasteiger partial charge on any atom is 0.227 e. The molecule has 1 saturated heterocycles. The summed E-state index contributed by atoms with van der Waals surface area (Å²) in [5.41, 5.74) is 3.38. The van der Waals surface area contributed by atoms with E-state index in [-0.39, 0.29) is 11.9 Å². The first-order chi connectivity index (χ1) is 15.2. The number of nitrogens with zero attached hydrogens (tertiary/aromatic N) is 1. The summed E-state index contributed by atoms with van der Waals surface area (Å²) < 4.78 is 11.3. The number of unbranched alkanes of at least 4 members (excludes halogenated alkanes) is 2. The number of hydrogen-bond donors (Lipinski definition) is 0. The second-order valence-electron chi connectivity index (χ2n) is 8.25.